The molecule has 7 nitrogen and oxygen atoms in total. The van der Waals surface area contributed by atoms with Crippen molar-refractivity contribution in [2.24, 2.45) is 7.05 Å². The Bertz CT molecular complexity index is 939. The molecule has 3 aromatic rings. The Kier molecular flexibility index (Phi) is 4.42. The van der Waals surface area contributed by atoms with E-state index in [0.29, 0.717) is 11.7 Å². The third kappa shape index (κ3) is 3.56. The molecule has 7 heteroatoms. The van der Waals surface area contributed by atoms with Gasteiger partial charge in [-0.2, -0.15) is 9.61 Å². The summed E-state index contributed by atoms with van der Waals surface area (Å²) in [4.78, 5) is 11.6. The molecule has 4 rings (SSSR count). The normalized spacial score (nSPS) is 17.0. The van der Waals surface area contributed by atoms with E-state index < -0.39 is 0 Å². The molecule has 144 valence electrons. The van der Waals surface area contributed by atoms with E-state index in [1.165, 1.54) is 5.69 Å². The van der Waals surface area contributed by atoms with Crippen molar-refractivity contribution in [3.63, 3.8) is 0 Å². The molecule has 1 fully saturated rings. The minimum absolute atomic E-state index is 0.0164. The smallest absolute Gasteiger partial charge is 0.157 e. The van der Waals surface area contributed by atoms with Crippen LogP contribution in [0.5, 0.6) is 0 Å². The molecule has 0 bridgehead atoms. The number of imidazole rings is 1. The molecule has 0 saturated carbocycles. The summed E-state index contributed by atoms with van der Waals surface area (Å²) in [6, 6.07) is 4.07. The maximum atomic E-state index is 6.29. The molecule has 0 spiro atoms. The Hall–Kier alpha value is -2.41. The molecule has 1 aliphatic rings. The summed E-state index contributed by atoms with van der Waals surface area (Å²) < 4.78 is 3.86. The maximum Gasteiger partial charge on any atom is 0.157 e. The van der Waals surface area contributed by atoms with Gasteiger partial charge >= 0.3 is 0 Å². The third-order valence-electron chi connectivity index (χ3n) is 5.55. The van der Waals surface area contributed by atoms with Gasteiger partial charge in [0.1, 0.15) is 5.82 Å². The van der Waals surface area contributed by atoms with Crippen LogP contribution in [-0.4, -0.2) is 42.1 Å². The van der Waals surface area contributed by atoms with Gasteiger partial charge in [0.05, 0.1) is 17.7 Å². The second-order valence-electron chi connectivity index (χ2n) is 8.70. The Balaban J connectivity index is 1.49. The highest BCUT2D eigenvalue weighted by molar-refractivity contribution is 5.49. The van der Waals surface area contributed by atoms with E-state index in [2.05, 4.69) is 53.4 Å². The molecule has 0 unspecified atom stereocenters. The summed E-state index contributed by atoms with van der Waals surface area (Å²) in [5, 5.41) is 4.64. The topological polar surface area (TPSA) is 77.3 Å². The highest BCUT2D eigenvalue weighted by atomic mass is 15.3. The number of likely N-dealkylation sites (tertiary alicyclic amines) is 1. The zero-order valence-corrected chi connectivity index (χ0v) is 16.7. The number of anilines is 1. The van der Waals surface area contributed by atoms with Gasteiger partial charge in [-0.05, 0) is 25.9 Å². The minimum Gasteiger partial charge on any atom is -0.384 e. The Labute approximate surface area is 160 Å². The van der Waals surface area contributed by atoms with Gasteiger partial charge in [-0.25, -0.2) is 9.97 Å². The van der Waals surface area contributed by atoms with Crippen molar-refractivity contribution in [2.45, 2.75) is 51.5 Å². The van der Waals surface area contributed by atoms with Crippen molar-refractivity contribution in [3.05, 3.63) is 41.7 Å². The fourth-order valence-electron chi connectivity index (χ4n) is 3.75. The monoisotopic (exact) mass is 367 g/mol. The summed E-state index contributed by atoms with van der Waals surface area (Å²) in [7, 11) is 2.05. The quantitative estimate of drug-likeness (QED) is 0.770. The van der Waals surface area contributed by atoms with Crippen molar-refractivity contribution in [2.75, 3.05) is 18.8 Å². The van der Waals surface area contributed by atoms with E-state index in [4.69, 9.17) is 10.7 Å². The predicted molar refractivity (Wildman–Crippen MR) is 107 cm³/mol. The highest BCUT2D eigenvalue weighted by Crippen LogP contribution is 2.30. The molecule has 0 amide bonds. The minimum atomic E-state index is -0.0164. The van der Waals surface area contributed by atoms with Crippen molar-refractivity contribution in [1.82, 2.24) is 29.0 Å². The Morgan fingerprint density at radius 1 is 1.19 bits per heavy atom. The van der Waals surface area contributed by atoms with Crippen LogP contribution in [0.3, 0.4) is 0 Å². The van der Waals surface area contributed by atoms with E-state index in [1.807, 2.05) is 18.6 Å². The number of hydrogen-bond acceptors (Lipinski definition) is 5. The summed E-state index contributed by atoms with van der Waals surface area (Å²) in [6.07, 6.45) is 6.01. The summed E-state index contributed by atoms with van der Waals surface area (Å²) in [5.74, 6) is 1.12. The Morgan fingerprint density at radius 3 is 2.56 bits per heavy atom. The molecular weight excluding hydrogens is 338 g/mol. The lowest BCUT2D eigenvalue weighted by Crippen LogP contribution is -2.33. The van der Waals surface area contributed by atoms with Gasteiger partial charge in [0.15, 0.2) is 5.65 Å². The number of rotatable bonds is 3. The number of aryl methyl sites for hydroxylation is 1. The number of piperidine rings is 1. The van der Waals surface area contributed by atoms with Crippen molar-refractivity contribution in [3.8, 4) is 0 Å². The number of nitrogens with zero attached hydrogens (tertiary/aromatic N) is 6. The zero-order chi connectivity index (χ0) is 19.2. The van der Waals surface area contributed by atoms with Crippen LogP contribution in [0.15, 0.2) is 24.7 Å². The maximum absolute atomic E-state index is 6.29. The molecule has 0 radical (unpaired) electrons. The first kappa shape index (κ1) is 18.0. The van der Waals surface area contributed by atoms with Gasteiger partial charge in [0.2, 0.25) is 0 Å². The van der Waals surface area contributed by atoms with Crippen molar-refractivity contribution < 1.29 is 0 Å². The summed E-state index contributed by atoms with van der Waals surface area (Å²) in [6.45, 7) is 9.55. The van der Waals surface area contributed by atoms with E-state index in [0.717, 1.165) is 49.5 Å². The highest BCUT2D eigenvalue weighted by Gasteiger charge is 2.24. The Morgan fingerprint density at radius 2 is 1.93 bits per heavy atom. The van der Waals surface area contributed by atoms with Crippen molar-refractivity contribution in [1.29, 1.82) is 0 Å². The number of fused-ring (bicyclic) bond motifs is 1. The average Bonchev–Trinajstić information content (AvgIpc) is 3.22. The van der Waals surface area contributed by atoms with E-state index >= 15 is 0 Å². The van der Waals surface area contributed by atoms with Gasteiger partial charge < -0.3 is 10.3 Å². The molecule has 1 saturated heterocycles. The summed E-state index contributed by atoms with van der Waals surface area (Å²) in [5.41, 5.74) is 10.5. The fourth-order valence-corrected chi connectivity index (χ4v) is 3.75. The van der Waals surface area contributed by atoms with Gasteiger partial charge in [-0.1, -0.05) is 20.8 Å². The standard InChI is InChI=1S/C20H29N7/c1-20(2,3)17-10-19-23-16(9-18(21)27(19)24-17)14-5-7-26(8-6-14)12-15-11-22-13-25(15)4/h9-11,13-14H,5-8,12,21H2,1-4H3. The first-order valence-electron chi connectivity index (χ1n) is 9.65. The largest absolute Gasteiger partial charge is 0.384 e. The summed E-state index contributed by atoms with van der Waals surface area (Å²) >= 11 is 0. The molecule has 27 heavy (non-hydrogen) atoms. The van der Waals surface area contributed by atoms with Crippen LogP contribution in [0.1, 0.15) is 56.6 Å². The lowest BCUT2D eigenvalue weighted by atomic mass is 9.92. The van der Waals surface area contributed by atoms with Crippen LogP contribution in [0.4, 0.5) is 5.82 Å². The van der Waals surface area contributed by atoms with Gasteiger partial charge in [0, 0.05) is 48.9 Å². The van der Waals surface area contributed by atoms with Crippen LogP contribution >= 0.6 is 0 Å². The molecule has 0 atom stereocenters. The zero-order valence-electron chi connectivity index (χ0n) is 16.7. The van der Waals surface area contributed by atoms with Crippen LogP contribution in [0, 0.1) is 0 Å². The molecule has 3 aromatic heterocycles. The molecule has 1 aliphatic heterocycles. The van der Waals surface area contributed by atoms with Gasteiger partial charge in [0.25, 0.3) is 0 Å². The van der Waals surface area contributed by atoms with E-state index in [1.54, 1.807) is 4.52 Å². The second-order valence-corrected chi connectivity index (χ2v) is 8.70. The first-order valence-corrected chi connectivity index (χ1v) is 9.65. The lowest BCUT2D eigenvalue weighted by molar-refractivity contribution is 0.199. The predicted octanol–water partition coefficient (Wildman–Crippen LogP) is 2.72. The van der Waals surface area contributed by atoms with Crippen LogP contribution in [0.25, 0.3) is 5.65 Å². The number of hydrogen-bond donors (Lipinski definition) is 1. The van der Waals surface area contributed by atoms with E-state index in [9.17, 15) is 0 Å². The fraction of sp³-hybridized carbons (Fsp3) is 0.550. The third-order valence-corrected chi connectivity index (χ3v) is 5.55. The van der Waals surface area contributed by atoms with Gasteiger partial charge in [-0.3, -0.25) is 4.90 Å². The SMILES string of the molecule is Cn1cncc1CN1CCC(c2cc(N)n3nc(C(C)(C)C)cc3n2)CC1. The van der Waals surface area contributed by atoms with Crippen molar-refractivity contribution >= 4 is 11.5 Å². The average molecular weight is 368 g/mol. The second kappa shape index (κ2) is 6.64. The molecule has 4 heterocycles. The van der Waals surface area contributed by atoms with E-state index in [-0.39, 0.29) is 5.41 Å². The molecule has 0 aliphatic carbocycles. The van der Waals surface area contributed by atoms with Gasteiger partial charge in [-0.15, -0.1) is 0 Å². The van der Waals surface area contributed by atoms with Crippen LogP contribution in [0.2, 0.25) is 0 Å². The number of nitrogen functional groups attached to an aromatic ring is 1. The molecule has 2 N–H and O–H groups in total. The number of aromatic nitrogens is 5. The first-order chi connectivity index (χ1) is 12.8. The number of nitrogens with two attached hydrogens (primary N) is 1. The molecule has 0 aromatic carbocycles. The molecular formula is C20H29N7. The van der Waals surface area contributed by atoms with Crippen LogP contribution in [-0.2, 0) is 19.0 Å². The van der Waals surface area contributed by atoms with Crippen LogP contribution < -0.4 is 5.73 Å². The lowest BCUT2D eigenvalue weighted by Gasteiger charge is -2.31.